The number of nitrogens with zero attached hydrogens (tertiary/aromatic N) is 3. The monoisotopic (exact) mass is 277 g/mol. The van der Waals surface area contributed by atoms with E-state index in [0.717, 1.165) is 34.7 Å². The van der Waals surface area contributed by atoms with Crippen LogP contribution in [0.4, 0.5) is 0 Å². The van der Waals surface area contributed by atoms with E-state index in [4.69, 9.17) is 15.0 Å². The molecule has 104 valence electrons. The van der Waals surface area contributed by atoms with E-state index in [-0.39, 0.29) is 0 Å². The van der Waals surface area contributed by atoms with Crippen LogP contribution < -0.4 is 4.74 Å². The first-order valence-corrected chi connectivity index (χ1v) is 6.81. The average Bonchev–Trinajstić information content (AvgIpc) is 2.92. The zero-order valence-corrected chi connectivity index (χ0v) is 12.0. The van der Waals surface area contributed by atoms with Crippen LogP contribution in [0.2, 0.25) is 0 Å². The molecule has 1 heterocycles. The highest BCUT2D eigenvalue weighted by Gasteiger charge is 2.12. The molecule has 1 aromatic heterocycles. The summed E-state index contributed by atoms with van der Waals surface area (Å²) in [5, 5.41) is 9.01. The molecule has 0 bridgehead atoms. The molecule has 0 amide bonds. The highest BCUT2D eigenvalue weighted by Crippen LogP contribution is 2.27. The number of aryl methyl sites for hydroxylation is 1. The number of hydrogen-bond acceptors (Lipinski definition) is 3. The predicted molar refractivity (Wildman–Crippen MR) is 82.1 cm³/mol. The molecule has 3 aromatic rings. The zero-order chi connectivity index (χ0) is 14.8. The highest BCUT2D eigenvalue weighted by molar-refractivity contribution is 5.82. The van der Waals surface area contributed by atoms with Crippen molar-refractivity contribution in [2.24, 2.45) is 0 Å². The van der Waals surface area contributed by atoms with Gasteiger partial charge < -0.3 is 9.30 Å². The molecule has 0 saturated carbocycles. The van der Waals surface area contributed by atoms with E-state index in [1.165, 1.54) is 0 Å². The van der Waals surface area contributed by atoms with Crippen molar-refractivity contribution >= 4 is 11.0 Å². The van der Waals surface area contributed by atoms with Gasteiger partial charge in [-0.25, -0.2) is 4.98 Å². The topological polar surface area (TPSA) is 50.8 Å². The lowest BCUT2D eigenvalue weighted by atomic mass is 10.2. The summed E-state index contributed by atoms with van der Waals surface area (Å²) in [6, 6.07) is 15.6. The maximum atomic E-state index is 9.01. The second-order valence-corrected chi connectivity index (χ2v) is 4.73. The van der Waals surface area contributed by atoms with Gasteiger partial charge >= 0.3 is 0 Å². The molecule has 0 spiro atoms. The van der Waals surface area contributed by atoms with E-state index in [2.05, 4.69) is 17.6 Å². The van der Waals surface area contributed by atoms with Crippen LogP contribution in [0, 0.1) is 11.3 Å². The Morgan fingerprint density at radius 3 is 2.81 bits per heavy atom. The first-order valence-electron chi connectivity index (χ1n) is 6.81. The van der Waals surface area contributed by atoms with Gasteiger partial charge in [0.2, 0.25) is 0 Å². The fourth-order valence-electron chi connectivity index (χ4n) is 2.50. The van der Waals surface area contributed by atoms with Crippen LogP contribution in [-0.2, 0) is 6.54 Å². The number of ether oxygens (including phenoxy) is 1. The van der Waals surface area contributed by atoms with Crippen molar-refractivity contribution < 1.29 is 4.74 Å². The lowest BCUT2D eigenvalue weighted by Crippen LogP contribution is -1.97. The molecule has 0 unspecified atom stereocenters. The van der Waals surface area contributed by atoms with Crippen LogP contribution in [0.25, 0.3) is 22.4 Å². The minimum atomic E-state index is 0.625. The Hall–Kier alpha value is -2.80. The number of aromatic nitrogens is 2. The second-order valence-electron chi connectivity index (χ2n) is 4.73. The van der Waals surface area contributed by atoms with Crippen molar-refractivity contribution in [1.82, 2.24) is 9.55 Å². The summed E-state index contributed by atoms with van der Waals surface area (Å²) >= 11 is 0. The molecule has 2 aromatic carbocycles. The van der Waals surface area contributed by atoms with E-state index in [9.17, 15) is 0 Å². The van der Waals surface area contributed by atoms with Gasteiger partial charge in [-0.3, -0.25) is 0 Å². The third-order valence-electron chi connectivity index (χ3n) is 3.52. The van der Waals surface area contributed by atoms with Gasteiger partial charge in [-0.05, 0) is 37.3 Å². The van der Waals surface area contributed by atoms with Crippen LogP contribution in [-0.4, -0.2) is 16.7 Å². The SMILES string of the molecule is CCn1c(-c2cccc(OC)c2)nc2cc(C#N)ccc21. The summed E-state index contributed by atoms with van der Waals surface area (Å²) in [4.78, 5) is 4.69. The molecule has 4 nitrogen and oxygen atoms in total. The number of hydrogen-bond donors (Lipinski definition) is 0. The van der Waals surface area contributed by atoms with Gasteiger partial charge in [0.15, 0.2) is 0 Å². The molecule has 0 aliphatic rings. The third kappa shape index (κ3) is 2.23. The molecular weight excluding hydrogens is 262 g/mol. The molecule has 21 heavy (non-hydrogen) atoms. The smallest absolute Gasteiger partial charge is 0.141 e. The zero-order valence-electron chi connectivity index (χ0n) is 12.0. The predicted octanol–water partition coefficient (Wildman–Crippen LogP) is 3.60. The summed E-state index contributed by atoms with van der Waals surface area (Å²) in [5.41, 5.74) is 3.51. The molecule has 0 N–H and O–H groups in total. The van der Waals surface area contributed by atoms with Gasteiger partial charge in [0.05, 0.1) is 29.8 Å². The maximum Gasteiger partial charge on any atom is 0.141 e. The Balaban J connectivity index is 2.24. The van der Waals surface area contributed by atoms with Crippen molar-refractivity contribution in [2.45, 2.75) is 13.5 Å². The van der Waals surface area contributed by atoms with Crippen LogP contribution in [0.15, 0.2) is 42.5 Å². The van der Waals surface area contributed by atoms with E-state index in [0.29, 0.717) is 5.56 Å². The fraction of sp³-hybridized carbons (Fsp3) is 0.176. The minimum Gasteiger partial charge on any atom is -0.497 e. The van der Waals surface area contributed by atoms with E-state index >= 15 is 0 Å². The van der Waals surface area contributed by atoms with Gasteiger partial charge in [0, 0.05) is 12.1 Å². The molecule has 0 saturated heterocycles. The lowest BCUT2D eigenvalue weighted by molar-refractivity contribution is 0.415. The molecular formula is C17H15N3O. The van der Waals surface area contributed by atoms with E-state index in [1.807, 2.05) is 42.5 Å². The van der Waals surface area contributed by atoms with Gasteiger partial charge in [-0.2, -0.15) is 5.26 Å². The van der Waals surface area contributed by atoms with Gasteiger partial charge in [-0.15, -0.1) is 0 Å². The minimum absolute atomic E-state index is 0.625. The lowest BCUT2D eigenvalue weighted by Gasteiger charge is -2.07. The van der Waals surface area contributed by atoms with Crippen LogP contribution in [0.1, 0.15) is 12.5 Å². The number of fused-ring (bicyclic) bond motifs is 1. The number of benzene rings is 2. The van der Waals surface area contributed by atoms with Crippen LogP contribution in [0.3, 0.4) is 0 Å². The summed E-state index contributed by atoms with van der Waals surface area (Å²) < 4.78 is 7.42. The van der Waals surface area contributed by atoms with Crippen molar-refractivity contribution in [2.75, 3.05) is 7.11 Å². The van der Waals surface area contributed by atoms with Gasteiger partial charge in [-0.1, -0.05) is 12.1 Å². The van der Waals surface area contributed by atoms with E-state index in [1.54, 1.807) is 7.11 Å². The fourth-order valence-corrected chi connectivity index (χ4v) is 2.50. The van der Waals surface area contributed by atoms with Crippen molar-refractivity contribution in [3.8, 4) is 23.2 Å². The number of imidazole rings is 1. The molecule has 3 rings (SSSR count). The molecule has 0 atom stereocenters. The van der Waals surface area contributed by atoms with Crippen molar-refractivity contribution in [1.29, 1.82) is 5.26 Å². The number of nitriles is 1. The first-order chi connectivity index (χ1) is 10.3. The largest absolute Gasteiger partial charge is 0.497 e. The summed E-state index contributed by atoms with van der Waals surface area (Å²) in [6.07, 6.45) is 0. The Morgan fingerprint density at radius 2 is 2.10 bits per heavy atom. The Labute approximate surface area is 123 Å². The van der Waals surface area contributed by atoms with Crippen molar-refractivity contribution in [3.05, 3.63) is 48.0 Å². The Morgan fingerprint density at radius 1 is 1.24 bits per heavy atom. The number of rotatable bonds is 3. The Bertz CT molecular complexity index is 843. The summed E-state index contributed by atoms with van der Waals surface area (Å²) in [6.45, 7) is 2.90. The van der Waals surface area contributed by atoms with Crippen LogP contribution >= 0.6 is 0 Å². The maximum absolute atomic E-state index is 9.01. The normalized spacial score (nSPS) is 10.5. The van der Waals surface area contributed by atoms with Gasteiger partial charge in [0.1, 0.15) is 11.6 Å². The molecule has 0 aliphatic carbocycles. The number of methoxy groups -OCH3 is 1. The summed E-state index contributed by atoms with van der Waals surface area (Å²) in [7, 11) is 1.65. The third-order valence-corrected chi connectivity index (χ3v) is 3.52. The second kappa shape index (κ2) is 5.29. The van der Waals surface area contributed by atoms with Crippen molar-refractivity contribution in [3.63, 3.8) is 0 Å². The molecule has 0 fully saturated rings. The highest BCUT2D eigenvalue weighted by atomic mass is 16.5. The molecule has 0 aliphatic heterocycles. The van der Waals surface area contributed by atoms with Crippen LogP contribution in [0.5, 0.6) is 5.75 Å². The first kappa shape index (κ1) is 13.2. The quantitative estimate of drug-likeness (QED) is 0.735. The summed E-state index contributed by atoms with van der Waals surface area (Å²) in [5.74, 6) is 1.70. The average molecular weight is 277 g/mol. The Kier molecular flexibility index (Phi) is 3.33. The van der Waals surface area contributed by atoms with Gasteiger partial charge in [0.25, 0.3) is 0 Å². The standard InChI is InChI=1S/C17H15N3O/c1-3-20-16-8-7-12(11-18)9-15(16)19-17(20)13-5-4-6-14(10-13)21-2/h4-10H,3H2,1-2H3. The molecule has 0 radical (unpaired) electrons. The molecule has 4 heteroatoms. The van der Waals surface area contributed by atoms with E-state index < -0.39 is 0 Å².